The molecule has 1 unspecified atom stereocenters. The Balaban J connectivity index is 2.01. The fourth-order valence-electron chi connectivity index (χ4n) is 2.15. The van der Waals surface area contributed by atoms with Gasteiger partial charge in [0.15, 0.2) is 0 Å². The number of amides is 2. The summed E-state index contributed by atoms with van der Waals surface area (Å²) in [4.78, 5) is 33.7. The molecule has 2 rings (SSSR count). The zero-order valence-corrected chi connectivity index (χ0v) is 13.8. The molecular weight excluding hydrogens is 324 g/mol. The van der Waals surface area contributed by atoms with E-state index in [0.717, 1.165) is 0 Å². The van der Waals surface area contributed by atoms with Gasteiger partial charge in [-0.1, -0.05) is 12.1 Å². The molecule has 0 bridgehead atoms. The summed E-state index contributed by atoms with van der Waals surface area (Å²) in [5.74, 6) is -0.571. The monoisotopic (exact) mass is 342 g/mol. The zero-order chi connectivity index (χ0) is 18.4. The second-order valence-corrected chi connectivity index (χ2v) is 5.39. The van der Waals surface area contributed by atoms with E-state index < -0.39 is 16.9 Å². The van der Waals surface area contributed by atoms with E-state index in [1.54, 1.807) is 37.3 Å². The highest BCUT2D eigenvalue weighted by Gasteiger charge is 2.18. The van der Waals surface area contributed by atoms with E-state index in [2.05, 4.69) is 16.0 Å². The lowest BCUT2D eigenvalue weighted by molar-refractivity contribution is -0.383. The zero-order valence-electron chi connectivity index (χ0n) is 13.8. The predicted molar refractivity (Wildman–Crippen MR) is 95.6 cm³/mol. The summed E-state index contributed by atoms with van der Waals surface area (Å²) in [6, 6.07) is 12.2. The molecule has 130 valence electrons. The highest BCUT2D eigenvalue weighted by atomic mass is 16.6. The van der Waals surface area contributed by atoms with Crippen molar-refractivity contribution < 1.29 is 14.5 Å². The molecule has 0 aliphatic rings. The summed E-state index contributed by atoms with van der Waals surface area (Å²) in [5.41, 5.74) is 1.31. The van der Waals surface area contributed by atoms with Gasteiger partial charge in [-0.3, -0.25) is 19.7 Å². The molecule has 2 aromatic rings. The number of hydrogen-bond acceptors (Lipinski definition) is 5. The lowest BCUT2D eigenvalue weighted by atomic mass is 10.2. The molecule has 2 amide bonds. The fraction of sp³-hybridized carbons (Fsp3) is 0.176. The Labute approximate surface area is 144 Å². The van der Waals surface area contributed by atoms with E-state index in [9.17, 15) is 19.7 Å². The summed E-state index contributed by atoms with van der Waals surface area (Å²) in [5, 5.41) is 19.2. The molecule has 0 heterocycles. The van der Waals surface area contributed by atoms with Crippen LogP contribution in [0.3, 0.4) is 0 Å². The van der Waals surface area contributed by atoms with Gasteiger partial charge in [-0.15, -0.1) is 0 Å². The van der Waals surface area contributed by atoms with Crippen LogP contribution in [0.15, 0.2) is 48.5 Å². The van der Waals surface area contributed by atoms with Gasteiger partial charge in [-0.2, -0.15) is 0 Å². The lowest BCUT2D eigenvalue weighted by Gasteiger charge is -2.15. The van der Waals surface area contributed by atoms with E-state index >= 15 is 0 Å². The molecule has 2 aromatic carbocycles. The molecule has 0 spiro atoms. The third kappa shape index (κ3) is 5.03. The van der Waals surface area contributed by atoms with Crippen LogP contribution in [-0.2, 0) is 9.59 Å². The molecule has 0 fully saturated rings. The highest BCUT2D eigenvalue weighted by molar-refractivity contribution is 5.98. The van der Waals surface area contributed by atoms with Crippen molar-refractivity contribution in [3.05, 3.63) is 58.6 Å². The molecule has 0 aromatic heterocycles. The largest absolute Gasteiger partial charge is 0.374 e. The maximum atomic E-state index is 12.3. The minimum atomic E-state index is -0.619. The number of nitro groups is 1. The van der Waals surface area contributed by atoms with Crippen molar-refractivity contribution in [2.45, 2.75) is 19.9 Å². The number of carbonyl (C=O) groups is 2. The fourth-order valence-corrected chi connectivity index (χ4v) is 2.15. The first-order valence-electron chi connectivity index (χ1n) is 7.55. The van der Waals surface area contributed by atoms with Crippen LogP contribution in [0.5, 0.6) is 0 Å². The van der Waals surface area contributed by atoms with E-state index in [4.69, 9.17) is 0 Å². The number of nitro benzene ring substituents is 1. The van der Waals surface area contributed by atoms with Crippen molar-refractivity contribution in [3.63, 3.8) is 0 Å². The van der Waals surface area contributed by atoms with Gasteiger partial charge >= 0.3 is 0 Å². The third-order valence-corrected chi connectivity index (χ3v) is 3.34. The van der Waals surface area contributed by atoms with Gasteiger partial charge < -0.3 is 16.0 Å². The van der Waals surface area contributed by atoms with Crippen LogP contribution in [0.4, 0.5) is 22.7 Å². The van der Waals surface area contributed by atoms with Crippen LogP contribution in [0.2, 0.25) is 0 Å². The summed E-state index contributed by atoms with van der Waals surface area (Å²) in [6.07, 6.45) is 0. The van der Waals surface area contributed by atoms with E-state index in [0.29, 0.717) is 11.4 Å². The van der Waals surface area contributed by atoms with Crippen molar-refractivity contribution >= 4 is 34.6 Å². The van der Waals surface area contributed by atoms with Crippen LogP contribution >= 0.6 is 0 Å². The third-order valence-electron chi connectivity index (χ3n) is 3.34. The Kier molecular flexibility index (Phi) is 5.67. The lowest BCUT2D eigenvalue weighted by Crippen LogP contribution is -2.32. The number of para-hydroxylation sites is 2. The molecule has 0 radical (unpaired) electrons. The Morgan fingerprint density at radius 2 is 1.60 bits per heavy atom. The van der Waals surface area contributed by atoms with Gasteiger partial charge in [0.25, 0.3) is 5.69 Å². The molecule has 0 saturated heterocycles. The topological polar surface area (TPSA) is 113 Å². The normalized spacial score (nSPS) is 11.3. The smallest absolute Gasteiger partial charge is 0.292 e. The van der Waals surface area contributed by atoms with E-state index in [-0.39, 0.29) is 17.3 Å². The second kappa shape index (κ2) is 7.91. The molecule has 0 aliphatic heterocycles. The maximum absolute atomic E-state index is 12.3. The maximum Gasteiger partial charge on any atom is 0.292 e. The number of nitrogens with zero attached hydrogens (tertiary/aromatic N) is 1. The Hall–Kier alpha value is -3.42. The van der Waals surface area contributed by atoms with Gasteiger partial charge in [0.1, 0.15) is 11.7 Å². The van der Waals surface area contributed by atoms with Crippen molar-refractivity contribution in [2.24, 2.45) is 0 Å². The van der Waals surface area contributed by atoms with Crippen LogP contribution in [-0.4, -0.2) is 22.8 Å². The van der Waals surface area contributed by atoms with Crippen LogP contribution < -0.4 is 16.0 Å². The molecule has 25 heavy (non-hydrogen) atoms. The first-order chi connectivity index (χ1) is 11.9. The van der Waals surface area contributed by atoms with Gasteiger partial charge in [-0.25, -0.2) is 0 Å². The minimum Gasteiger partial charge on any atom is -0.374 e. The quantitative estimate of drug-likeness (QED) is 0.552. The van der Waals surface area contributed by atoms with Crippen LogP contribution in [0.25, 0.3) is 0 Å². The highest BCUT2D eigenvalue weighted by Crippen LogP contribution is 2.23. The minimum absolute atomic E-state index is 0.146. The Bertz CT molecular complexity index is 789. The van der Waals surface area contributed by atoms with Crippen molar-refractivity contribution in [3.8, 4) is 0 Å². The SMILES string of the molecule is CC(=O)Nc1ccc(NC(C)C(=O)Nc2ccccc2[N+](=O)[O-])cc1. The van der Waals surface area contributed by atoms with Gasteiger partial charge in [0.05, 0.1) is 4.92 Å². The van der Waals surface area contributed by atoms with E-state index in [1.165, 1.54) is 25.1 Å². The number of carbonyl (C=O) groups excluding carboxylic acids is 2. The number of rotatable bonds is 6. The molecule has 8 nitrogen and oxygen atoms in total. The average Bonchev–Trinajstić information content (AvgIpc) is 2.56. The summed E-state index contributed by atoms with van der Waals surface area (Å²) in [7, 11) is 0. The molecule has 0 saturated carbocycles. The summed E-state index contributed by atoms with van der Waals surface area (Å²) >= 11 is 0. The predicted octanol–water partition coefficient (Wildman–Crippen LogP) is 2.99. The molecular formula is C17H18N4O4. The first-order valence-corrected chi connectivity index (χ1v) is 7.55. The number of hydrogen-bond donors (Lipinski definition) is 3. The van der Waals surface area contributed by atoms with Crippen LogP contribution in [0, 0.1) is 10.1 Å². The summed E-state index contributed by atoms with van der Waals surface area (Å²) in [6.45, 7) is 3.06. The van der Waals surface area contributed by atoms with Crippen molar-refractivity contribution in [1.29, 1.82) is 0 Å². The van der Waals surface area contributed by atoms with E-state index in [1.807, 2.05) is 0 Å². The van der Waals surface area contributed by atoms with Gasteiger partial charge in [0, 0.05) is 24.4 Å². The number of nitrogens with one attached hydrogen (secondary N) is 3. The number of anilines is 3. The van der Waals surface area contributed by atoms with Gasteiger partial charge in [-0.05, 0) is 37.3 Å². The number of benzene rings is 2. The molecule has 0 aliphatic carbocycles. The van der Waals surface area contributed by atoms with Crippen LogP contribution in [0.1, 0.15) is 13.8 Å². The van der Waals surface area contributed by atoms with Crippen molar-refractivity contribution in [2.75, 3.05) is 16.0 Å². The summed E-state index contributed by atoms with van der Waals surface area (Å²) < 4.78 is 0. The molecule has 8 heteroatoms. The standard InChI is InChI=1S/C17H18N4O4/c1-11(18-13-7-9-14(10-8-13)19-12(2)22)17(23)20-15-5-3-4-6-16(15)21(24)25/h3-11,18H,1-2H3,(H,19,22)(H,20,23). The Morgan fingerprint density at radius 3 is 2.20 bits per heavy atom. The molecule has 3 N–H and O–H groups in total. The second-order valence-electron chi connectivity index (χ2n) is 5.39. The van der Waals surface area contributed by atoms with Gasteiger partial charge in [0.2, 0.25) is 11.8 Å². The average molecular weight is 342 g/mol. The first kappa shape index (κ1) is 17.9. The van der Waals surface area contributed by atoms with Crippen molar-refractivity contribution in [1.82, 2.24) is 0 Å². The Morgan fingerprint density at radius 1 is 1.00 bits per heavy atom. The molecule has 1 atom stereocenters.